The van der Waals surface area contributed by atoms with Crippen LogP contribution in [-0.4, -0.2) is 24.2 Å². The number of aryl methyl sites for hydroxylation is 1. The molecule has 1 heterocycles. The molecule has 20 heavy (non-hydrogen) atoms. The molecule has 0 radical (unpaired) electrons. The molecule has 2 aromatic rings. The molecule has 5 heteroatoms. The van der Waals surface area contributed by atoms with Crippen molar-refractivity contribution in [3.8, 4) is 11.8 Å². The van der Waals surface area contributed by atoms with Gasteiger partial charge in [-0.1, -0.05) is 12.1 Å². The maximum atomic E-state index is 5.26. The van der Waals surface area contributed by atoms with Crippen molar-refractivity contribution in [2.24, 2.45) is 0 Å². The Hall–Kier alpha value is -2.30. The second-order valence-electron chi connectivity index (χ2n) is 4.47. The molecule has 0 unspecified atom stereocenters. The third-order valence-electron chi connectivity index (χ3n) is 3.31. The minimum atomic E-state index is 0.523. The van der Waals surface area contributed by atoms with Gasteiger partial charge in [0.1, 0.15) is 6.33 Å². The van der Waals surface area contributed by atoms with Crippen LogP contribution in [-0.2, 0) is 6.54 Å². The molecule has 0 saturated heterocycles. The first-order valence-corrected chi connectivity index (χ1v) is 6.39. The second kappa shape index (κ2) is 6.23. The summed E-state index contributed by atoms with van der Waals surface area (Å²) in [5.41, 5.74) is 4.36. The van der Waals surface area contributed by atoms with Crippen LogP contribution in [0.5, 0.6) is 11.8 Å². The number of nitrogens with one attached hydrogen (secondary N) is 1. The molecule has 2 rings (SSSR count). The van der Waals surface area contributed by atoms with Crippen LogP contribution in [0.3, 0.4) is 0 Å². The van der Waals surface area contributed by atoms with Crippen LogP contribution in [0.4, 0.5) is 5.69 Å². The first-order chi connectivity index (χ1) is 9.67. The van der Waals surface area contributed by atoms with Crippen LogP contribution in [0, 0.1) is 13.8 Å². The van der Waals surface area contributed by atoms with E-state index >= 15 is 0 Å². The van der Waals surface area contributed by atoms with Gasteiger partial charge in [-0.2, -0.15) is 0 Å². The lowest BCUT2D eigenvalue weighted by atomic mass is 10.1. The molecule has 1 aromatic heterocycles. The van der Waals surface area contributed by atoms with E-state index in [1.807, 2.05) is 12.1 Å². The predicted octanol–water partition coefficient (Wildman–Crippen LogP) is 2.72. The molecule has 1 N–H and O–H groups in total. The summed E-state index contributed by atoms with van der Waals surface area (Å²) < 4.78 is 10.5. The van der Waals surface area contributed by atoms with Crippen LogP contribution in [0.1, 0.15) is 16.7 Å². The zero-order chi connectivity index (χ0) is 14.5. The Morgan fingerprint density at radius 2 is 1.70 bits per heavy atom. The van der Waals surface area contributed by atoms with E-state index in [9.17, 15) is 0 Å². The summed E-state index contributed by atoms with van der Waals surface area (Å²) in [6, 6.07) is 6.17. The largest absolute Gasteiger partial charge is 0.481 e. The Morgan fingerprint density at radius 1 is 1.05 bits per heavy atom. The third kappa shape index (κ3) is 2.82. The average Bonchev–Trinajstić information content (AvgIpc) is 2.48. The van der Waals surface area contributed by atoms with E-state index in [1.54, 1.807) is 14.2 Å². The van der Waals surface area contributed by atoms with E-state index in [2.05, 4.69) is 35.2 Å². The monoisotopic (exact) mass is 273 g/mol. The highest BCUT2D eigenvalue weighted by Gasteiger charge is 2.13. The number of methoxy groups -OCH3 is 2. The van der Waals surface area contributed by atoms with Crippen molar-refractivity contribution in [3.05, 3.63) is 41.2 Å². The van der Waals surface area contributed by atoms with Gasteiger partial charge >= 0.3 is 0 Å². The number of aromatic nitrogens is 2. The van der Waals surface area contributed by atoms with Gasteiger partial charge in [0.25, 0.3) is 0 Å². The van der Waals surface area contributed by atoms with Gasteiger partial charge in [0.05, 0.1) is 26.3 Å². The third-order valence-corrected chi connectivity index (χ3v) is 3.31. The molecule has 0 amide bonds. The van der Waals surface area contributed by atoms with Gasteiger partial charge in [0.2, 0.25) is 11.8 Å². The molecular weight excluding hydrogens is 254 g/mol. The average molecular weight is 273 g/mol. The van der Waals surface area contributed by atoms with Crippen molar-refractivity contribution >= 4 is 5.69 Å². The second-order valence-corrected chi connectivity index (χ2v) is 4.47. The maximum Gasteiger partial charge on any atom is 0.225 e. The summed E-state index contributed by atoms with van der Waals surface area (Å²) in [7, 11) is 3.17. The number of hydrogen-bond donors (Lipinski definition) is 1. The first-order valence-electron chi connectivity index (χ1n) is 6.39. The summed E-state index contributed by atoms with van der Waals surface area (Å²) in [4.78, 5) is 8.21. The Balaban J connectivity index is 2.24. The van der Waals surface area contributed by atoms with E-state index in [0.717, 1.165) is 11.3 Å². The van der Waals surface area contributed by atoms with Crippen molar-refractivity contribution in [2.75, 3.05) is 19.5 Å². The van der Waals surface area contributed by atoms with Crippen LogP contribution in [0.2, 0.25) is 0 Å². The normalized spacial score (nSPS) is 10.2. The molecule has 0 aliphatic rings. The number of benzene rings is 1. The van der Waals surface area contributed by atoms with Gasteiger partial charge in [-0.3, -0.25) is 0 Å². The fourth-order valence-corrected chi connectivity index (χ4v) is 2.01. The van der Waals surface area contributed by atoms with E-state index in [-0.39, 0.29) is 0 Å². The number of rotatable bonds is 5. The van der Waals surface area contributed by atoms with Gasteiger partial charge in [-0.05, 0) is 31.0 Å². The topological polar surface area (TPSA) is 56.3 Å². The van der Waals surface area contributed by atoms with Gasteiger partial charge < -0.3 is 14.8 Å². The van der Waals surface area contributed by atoms with E-state index in [4.69, 9.17) is 9.47 Å². The van der Waals surface area contributed by atoms with Crippen molar-refractivity contribution in [2.45, 2.75) is 20.4 Å². The fraction of sp³-hybridized carbons (Fsp3) is 0.333. The lowest BCUT2D eigenvalue weighted by Crippen LogP contribution is -2.07. The summed E-state index contributed by atoms with van der Waals surface area (Å²) in [6.45, 7) is 4.72. The molecule has 0 bridgehead atoms. The van der Waals surface area contributed by atoms with Crippen LogP contribution in [0.25, 0.3) is 0 Å². The van der Waals surface area contributed by atoms with Crippen molar-refractivity contribution < 1.29 is 9.47 Å². The van der Waals surface area contributed by atoms with E-state index < -0.39 is 0 Å². The zero-order valence-corrected chi connectivity index (χ0v) is 12.2. The fourth-order valence-electron chi connectivity index (χ4n) is 2.01. The van der Waals surface area contributed by atoms with Crippen molar-refractivity contribution in [1.82, 2.24) is 9.97 Å². The lowest BCUT2D eigenvalue weighted by molar-refractivity contribution is 0.363. The highest BCUT2D eigenvalue weighted by molar-refractivity contribution is 5.54. The molecule has 0 atom stereocenters. The molecule has 0 aliphatic heterocycles. The summed E-state index contributed by atoms with van der Waals surface area (Å²) in [6.07, 6.45) is 1.43. The Kier molecular flexibility index (Phi) is 4.40. The van der Waals surface area contributed by atoms with E-state index in [0.29, 0.717) is 18.3 Å². The molecule has 0 aliphatic carbocycles. The summed E-state index contributed by atoms with van der Waals surface area (Å²) in [5.74, 6) is 1.05. The minimum absolute atomic E-state index is 0.523. The Morgan fingerprint density at radius 3 is 2.30 bits per heavy atom. The quantitative estimate of drug-likeness (QED) is 0.907. The van der Waals surface area contributed by atoms with Gasteiger partial charge in [-0.25, -0.2) is 9.97 Å². The summed E-state index contributed by atoms with van der Waals surface area (Å²) >= 11 is 0. The Bertz CT molecular complexity index is 577. The molecule has 5 nitrogen and oxygen atoms in total. The molecule has 0 fully saturated rings. The number of ether oxygens (including phenoxy) is 2. The molecule has 1 aromatic carbocycles. The van der Waals surface area contributed by atoms with Crippen molar-refractivity contribution in [3.63, 3.8) is 0 Å². The SMILES string of the molecule is COc1ncnc(OC)c1CNc1cccc(C)c1C. The van der Waals surface area contributed by atoms with Crippen LogP contribution < -0.4 is 14.8 Å². The first kappa shape index (κ1) is 14.1. The smallest absolute Gasteiger partial charge is 0.225 e. The highest BCUT2D eigenvalue weighted by atomic mass is 16.5. The van der Waals surface area contributed by atoms with E-state index in [1.165, 1.54) is 17.5 Å². The number of anilines is 1. The molecule has 106 valence electrons. The summed E-state index contributed by atoms with van der Waals surface area (Å²) in [5, 5.41) is 3.38. The Labute approximate surface area is 119 Å². The molecule has 0 spiro atoms. The van der Waals surface area contributed by atoms with Gasteiger partial charge in [0.15, 0.2) is 0 Å². The number of hydrogen-bond acceptors (Lipinski definition) is 5. The van der Waals surface area contributed by atoms with Gasteiger partial charge in [0, 0.05) is 5.69 Å². The predicted molar refractivity (Wildman–Crippen MR) is 78.4 cm³/mol. The lowest BCUT2D eigenvalue weighted by Gasteiger charge is -2.14. The highest BCUT2D eigenvalue weighted by Crippen LogP contribution is 2.25. The minimum Gasteiger partial charge on any atom is -0.481 e. The molecule has 0 saturated carbocycles. The van der Waals surface area contributed by atoms with Crippen LogP contribution >= 0.6 is 0 Å². The maximum absolute atomic E-state index is 5.26. The molecular formula is C15H19N3O2. The number of nitrogens with zero attached hydrogens (tertiary/aromatic N) is 2. The van der Waals surface area contributed by atoms with Crippen molar-refractivity contribution in [1.29, 1.82) is 0 Å². The van der Waals surface area contributed by atoms with Gasteiger partial charge in [-0.15, -0.1) is 0 Å². The van der Waals surface area contributed by atoms with Crippen LogP contribution in [0.15, 0.2) is 24.5 Å². The zero-order valence-electron chi connectivity index (χ0n) is 12.2. The standard InChI is InChI=1S/C15H19N3O2/c1-10-6-5-7-13(11(10)2)16-8-12-14(19-3)17-9-18-15(12)20-4/h5-7,9,16H,8H2,1-4H3.